The second kappa shape index (κ2) is 4.86. The molecule has 94 valence electrons. The molecule has 1 N–H and O–H groups in total. The van der Waals surface area contributed by atoms with Gasteiger partial charge in [-0.25, -0.2) is 0 Å². The van der Waals surface area contributed by atoms with Crippen molar-refractivity contribution in [3.05, 3.63) is 12.2 Å². The molecule has 0 aromatic heterocycles. The normalized spacial score (nSPS) is 35.8. The van der Waals surface area contributed by atoms with Crippen LogP contribution in [-0.4, -0.2) is 29.7 Å². The van der Waals surface area contributed by atoms with Crippen LogP contribution < -0.4 is 0 Å². The molecule has 0 amide bonds. The van der Waals surface area contributed by atoms with E-state index >= 15 is 0 Å². The van der Waals surface area contributed by atoms with E-state index in [-0.39, 0.29) is 30.7 Å². The summed E-state index contributed by atoms with van der Waals surface area (Å²) < 4.78 is 11.6. The smallest absolute Gasteiger partial charge is 0.163 e. The fourth-order valence-corrected chi connectivity index (χ4v) is 2.19. The van der Waals surface area contributed by atoms with Gasteiger partial charge in [0.1, 0.15) is 0 Å². The number of aliphatic hydroxyl groups is 1. The second-order valence-electron chi connectivity index (χ2n) is 5.32. The van der Waals surface area contributed by atoms with Crippen molar-refractivity contribution < 1.29 is 14.6 Å². The van der Waals surface area contributed by atoms with Gasteiger partial charge in [0.25, 0.3) is 0 Å². The summed E-state index contributed by atoms with van der Waals surface area (Å²) in [4.78, 5) is 0. The van der Waals surface area contributed by atoms with Gasteiger partial charge in [-0.3, -0.25) is 0 Å². The Kier molecular flexibility index (Phi) is 4.16. The summed E-state index contributed by atoms with van der Waals surface area (Å²) in [5, 5.41) is 9.33. The summed E-state index contributed by atoms with van der Waals surface area (Å²) >= 11 is 0. The molecule has 16 heavy (non-hydrogen) atoms. The zero-order valence-electron chi connectivity index (χ0n) is 11.0. The minimum Gasteiger partial charge on any atom is -0.394 e. The van der Waals surface area contributed by atoms with Crippen LogP contribution in [-0.2, 0) is 9.47 Å². The molecule has 1 saturated heterocycles. The van der Waals surface area contributed by atoms with E-state index in [1.54, 1.807) is 0 Å². The Morgan fingerprint density at radius 3 is 2.44 bits per heavy atom. The van der Waals surface area contributed by atoms with Gasteiger partial charge in [0, 0.05) is 11.8 Å². The largest absolute Gasteiger partial charge is 0.394 e. The van der Waals surface area contributed by atoms with Crippen LogP contribution in [0.15, 0.2) is 12.2 Å². The Labute approximate surface area is 98.4 Å². The van der Waals surface area contributed by atoms with Crippen LogP contribution in [0.4, 0.5) is 0 Å². The van der Waals surface area contributed by atoms with Crippen molar-refractivity contribution in [3.8, 4) is 0 Å². The van der Waals surface area contributed by atoms with Crippen LogP contribution >= 0.6 is 0 Å². The molecule has 0 bridgehead atoms. The standard InChI is InChI=1S/C13H24O3/c1-8(2)9(3)12-10(4)11(7-14)15-13(5,6)16-12/h9-12,14H,1,7H2,2-6H3/t9-,10-,11-,12-/m0/s1. The highest BCUT2D eigenvalue weighted by Crippen LogP contribution is 2.36. The van der Waals surface area contributed by atoms with E-state index in [0.717, 1.165) is 5.57 Å². The molecule has 1 aliphatic heterocycles. The molecule has 0 aromatic carbocycles. The number of hydrogen-bond donors (Lipinski definition) is 1. The summed E-state index contributed by atoms with van der Waals surface area (Å²) in [6, 6.07) is 0. The lowest BCUT2D eigenvalue weighted by Gasteiger charge is -2.46. The maximum atomic E-state index is 9.33. The van der Waals surface area contributed by atoms with Gasteiger partial charge in [-0.1, -0.05) is 26.0 Å². The van der Waals surface area contributed by atoms with Crippen molar-refractivity contribution in [2.45, 2.75) is 52.6 Å². The van der Waals surface area contributed by atoms with E-state index < -0.39 is 5.79 Å². The van der Waals surface area contributed by atoms with E-state index in [4.69, 9.17) is 9.47 Å². The first kappa shape index (κ1) is 13.7. The Balaban J connectivity index is 2.86. The molecule has 0 unspecified atom stereocenters. The van der Waals surface area contributed by atoms with E-state index in [1.165, 1.54) is 0 Å². The summed E-state index contributed by atoms with van der Waals surface area (Å²) in [5.74, 6) is -0.189. The lowest BCUT2D eigenvalue weighted by Crippen LogP contribution is -2.53. The Hall–Kier alpha value is -0.380. The van der Waals surface area contributed by atoms with Gasteiger partial charge in [0.2, 0.25) is 0 Å². The number of rotatable bonds is 3. The van der Waals surface area contributed by atoms with Crippen LogP contribution in [0.2, 0.25) is 0 Å². The van der Waals surface area contributed by atoms with Gasteiger partial charge in [0.15, 0.2) is 5.79 Å². The third-order valence-corrected chi connectivity index (χ3v) is 3.41. The van der Waals surface area contributed by atoms with Crippen molar-refractivity contribution in [2.24, 2.45) is 11.8 Å². The predicted octanol–water partition coefficient (Wildman–Crippen LogP) is 2.35. The molecular weight excluding hydrogens is 204 g/mol. The van der Waals surface area contributed by atoms with Gasteiger partial charge in [0.05, 0.1) is 18.8 Å². The van der Waals surface area contributed by atoms with Gasteiger partial charge in [-0.15, -0.1) is 0 Å². The Morgan fingerprint density at radius 1 is 1.44 bits per heavy atom. The van der Waals surface area contributed by atoms with E-state index in [0.29, 0.717) is 0 Å². The predicted molar refractivity (Wildman–Crippen MR) is 64.1 cm³/mol. The average molecular weight is 228 g/mol. The lowest BCUT2D eigenvalue weighted by atomic mass is 9.84. The van der Waals surface area contributed by atoms with Crippen LogP contribution in [0.3, 0.4) is 0 Å². The number of hydrogen-bond acceptors (Lipinski definition) is 3. The van der Waals surface area contributed by atoms with Gasteiger partial charge < -0.3 is 14.6 Å². The van der Waals surface area contributed by atoms with Crippen LogP contribution in [0, 0.1) is 11.8 Å². The number of aliphatic hydroxyl groups excluding tert-OH is 1. The molecule has 3 heteroatoms. The Morgan fingerprint density at radius 2 is 2.00 bits per heavy atom. The summed E-state index contributed by atoms with van der Waals surface area (Å²) in [5.41, 5.74) is 1.10. The zero-order chi connectivity index (χ0) is 12.5. The lowest BCUT2D eigenvalue weighted by molar-refractivity contribution is -0.328. The Bertz CT molecular complexity index is 260. The molecule has 4 atom stereocenters. The van der Waals surface area contributed by atoms with Crippen LogP contribution in [0.1, 0.15) is 34.6 Å². The molecule has 0 radical (unpaired) electrons. The minimum atomic E-state index is -0.631. The first-order chi connectivity index (χ1) is 7.28. The monoisotopic (exact) mass is 228 g/mol. The first-order valence-electron chi connectivity index (χ1n) is 5.90. The topological polar surface area (TPSA) is 38.7 Å². The van der Waals surface area contributed by atoms with Crippen LogP contribution in [0.5, 0.6) is 0 Å². The molecule has 0 spiro atoms. The quantitative estimate of drug-likeness (QED) is 0.754. The fraction of sp³-hybridized carbons (Fsp3) is 0.846. The van der Waals surface area contributed by atoms with Crippen LogP contribution in [0.25, 0.3) is 0 Å². The van der Waals surface area contributed by atoms with Crippen molar-refractivity contribution in [2.75, 3.05) is 6.61 Å². The van der Waals surface area contributed by atoms with E-state index in [1.807, 2.05) is 20.8 Å². The molecule has 1 heterocycles. The number of ether oxygens (including phenoxy) is 2. The van der Waals surface area contributed by atoms with Crippen molar-refractivity contribution in [3.63, 3.8) is 0 Å². The molecule has 1 fully saturated rings. The van der Waals surface area contributed by atoms with Crippen molar-refractivity contribution in [1.29, 1.82) is 0 Å². The highest BCUT2D eigenvalue weighted by molar-refractivity contribution is 5.01. The first-order valence-corrected chi connectivity index (χ1v) is 5.90. The molecule has 3 nitrogen and oxygen atoms in total. The SMILES string of the molecule is C=C(C)[C@H](C)[C@@H]1OC(C)(C)O[C@@H](CO)[C@@H]1C. The van der Waals surface area contributed by atoms with Gasteiger partial charge in [-0.05, 0) is 20.8 Å². The molecule has 1 rings (SSSR count). The van der Waals surface area contributed by atoms with Gasteiger partial charge in [-0.2, -0.15) is 0 Å². The summed E-state index contributed by atoms with van der Waals surface area (Å²) in [6.07, 6.45) is -0.103. The van der Waals surface area contributed by atoms with E-state index in [2.05, 4.69) is 20.4 Å². The second-order valence-corrected chi connectivity index (χ2v) is 5.32. The molecular formula is C13H24O3. The third-order valence-electron chi connectivity index (χ3n) is 3.41. The highest BCUT2D eigenvalue weighted by Gasteiger charge is 2.42. The van der Waals surface area contributed by atoms with Crippen molar-refractivity contribution in [1.82, 2.24) is 0 Å². The molecule has 0 saturated carbocycles. The minimum absolute atomic E-state index is 0.0351. The maximum Gasteiger partial charge on any atom is 0.163 e. The third kappa shape index (κ3) is 2.84. The summed E-state index contributed by atoms with van der Waals surface area (Å²) in [6.45, 7) is 14.0. The average Bonchev–Trinajstić information content (AvgIpc) is 2.19. The molecule has 1 aliphatic rings. The fourth-order valence-electron chi connectivity index (χ4n) is 2.19. The zero-order valence-corrected chi connectivity index (χ0v) is 11.0. The van der Waals surface area contributed by atoms with Crippen molar-refractivity contribution >= 4 is 0 Å². The van der Waals surface area contributed by atoms with Gasteiger partial charge >= 0.3 is 0 Å². The summed E-state index contributed by atoms with van der Waals surface area (Å²) in [7, 11) is 0. The maximum absolute atomic E-state index is 9.33. The highest BCUT2D eigenvalue weighted by atomic mass is 16.7. The van der Waals surface area contributed by atoms with E-state index in [9.17, 15) is 5.11 Å². The molecule has 0 aromatic rings. The molecule has 0 aliphatic carbocycles.